The molecule has 0 aliphatic rings. The van der Waals surface area contributed by atoms with Crippen molar-refractivity contribution in [1.82, 2.24) is 4.90 Å². The van der Waals surface area contributed by atoms with Crippen molar-refractivity contribution in [2.24, 2.45) is 0 Å². The van der Waals surface area contributed by atoms with Crippen molar-refractivity contribution < 1.29 is 18.7 Å². The lowest BCUT2D eigenvalue weighted by Crippen LogP contribution is -2.37. The summed E-state index contributed by atoms with van der Waals surface area (Å²) in [5, 5.41) is 2.77. The molecular formula is C19H17ClN2O4S. The fourth-order valence-electron chi connectivity index (χ4n) is 2.49. The summed E-state index contributed by atoms with van der Waals surface area (Å²) in [7, 11) is 1.53. The molecule has 0 spiro atoms. The van der Waals surface area contributed by atoms with E-state index >= 15 is 0 Å². The number of methoxy groups -OCH3 is 1. The molecule has 1 N–H and O–H groups in total. The van der Waals surface area contributed by atoms with Gasteiger partial charge in [0.2, 0.25) is 5.91 Å². The minimum absolute atomic E-state index is 0.146. The summed E-state index contributed by atoms with van der Waals surface area (Å²) in [5.74, 6) is 0.483. The maximum Gasteiger partial charge on any atom is 0.264 e. The lowest BCUT2D eigenvalue weighted by molar-refractivity contribution is -0.117. The molecule has 8 heteroatoms. The third-order valence-electron chi connectivity index (χ3n) is 3.71. The van der Waals surface area contributed by atoms with Crippen LogP contribution >= 0.6 is 22.9 Å². The highest BCUT2D eigenvalue weighted by molar-refractivity contribution is 7.17. The van der Waals surface area contributed by atoms with Crippen molar-refractivity contribution in [2.45, 2.75) is 6.54 Å². The van der Waals surface area contributed by atoms with Gasteiger partial charge in [-0.1, -0.05) is 23.7 Å². The van der Waals surface area contributed by atoms with Crippen molar-refractivity contribution in [1.29, 1.82) is 0 Å². The molecule has 0 atom stereocenters. The minimum atomic E-state index is -0.345. The average molecular weight is 405 g/mol. The third-order valence-corrected chi connectivity index (χ3v) is 4.93. The maximum absolute atomic E-state index is 12.8. The second-order valence-electron chi connectivity index (χ2n) is 5.59. The van der Waals surface area contributed by atoms with Crippen LogP contribution in [0.4, 0.5) is 5.69 Å². The summed E-state index contributed by atoms with van der Waals surface area (Å²) in [5.41, 5.74) is 0.537. The van der Waals surface area contributed by atoms with Crippen molar-refractivity contribution in [3.63, 3.8) is 0 Å². The van der Waals surface area contributed by atoms with E-state index in [1.54, 1.807) is 42.5 Å². The highest BCUT2D eigenvalue weighted by atomic mass is 35.5. The zero-order chi connectivity index (χ0) is 19.2. The van der Waals surface area contributed by atoms with Crippen molar-refractivity contribution >= 4 is 40.4 Å². The van der Waals surface area contributed by atoms with Gasteiger partial charge in [-0.3, -0.25) is 9.59 Å². The topological polar surface area (TPSA) is 71.8 Å². The van der Waals surface area contributed by atoms with Crippen LogP contribution in [0.15, 0.2) is 59.2 Å². The molecule has 3 aromatic rings. The van der Waals surface area contributed by atoms with Crippen LogP contribution in [0.25, 0.3) is 0 Å². The molecule has 3 rings (SSSR count). The monoisotopic (exact) mass is 404 g/mol. The van der Waals surface area contributed by atoms with Gasteiger partial charge in [-0.05, 0) is 36.4 Å². The number of furan rings is 1. The Labute approximate surface area is 165 Å². The molecule has 2 amide bonds. The van der Waals surface area contributed by atoms with Gasteiger partial charge >= 0.3 is 0 Å². The Balaban J connectivity index is 1.76. The molecule has 0 fully saturated rings. The van der Waals surface area contributed by atoms with E-state index in [4.69, 9.17) is 20.8 Å². The number of amides is 2. The summed E-state index contributed by atoms with van der Waals surface area (Å²) in [6.07, 6.45) is 1.52. The molecule has 0 aliphatic carbocycles. The quantitative estimate of drug-likeness (QED) is 0.637. The lowest BCUT2D eigenvalue weighted by atomic mass is 10.3. The van der Waals surface area contributed by atoms with Crippen molar-refractivity contribution in [3.8, 4) is 5.75 Å². The van der Waals surface area contributed by atoms with Crippen molar-refractivity contribution in [2.75, 3.05) is 19.0 Å². The van der Waals surface area contributed by atoms with Gasteiger partial charge in [0.1, 0.15) is 18.1 Å². The van der Waals surface area contributed by atoms with Gasteiger partial charge in [0.15, 0.2) is 0 Å². The summed E-state index contributed by atoms with van der Waals surface area (Å²) < 4.78 is 11.1. The molecule has 0 bridgehead atoms. The number of carbonyl (C=O) groups is 2. The van der Waals surface area contributed by atoms with E-state index in [1.807, 2.05) is 6.07 Å². The van der Waals surface area contributed by atoms with Gasteiger partial charge in [0, 0.05) is 0 Å². The molecule has 27 heavy (non-hydrogen) atoms. The Morgan fingerprint density at radius 3 is 2.67 bits per heavy atom. The first-order valence-corrected chi connectivity index (χ1v) is 9.26. The van der Waals surface area contributed by atoms with E-state index in [1.165, 1.54) is 29.6 Å². The molecule has 0 saturated heterocycles. The van der Waals surface area contributed by atoms with Gasteiger partial charge in [-0.15, -0.1) is 11.3 Å². The molecule has 0 aliphatic heterocycles. The minimum Gasteiger partial charge on any atom is -0.495 e. The van der Waals surface area contributed by atoms with E-state index < -0.39 is 0 Å². The van der Waals surface area contributed by atoms with Crippen LogP contribution in [0.1, 0.15) is 15.4 Å². The van der Waals surface area contributed by atoms with Crippen molar-refractivity contribution in [3.05, 3.63) is 69.8 Å². The average Bonchev–Trinajstić information content (AvgIpc) is 3.32. The van der Waals surface area contributed by atoms with E-state index in [0.29, 0.717) is 26.4 Å². The van der Waals surface area contributed by atoms with Crippen LogP contribution in [0, 0.1) is 0 Å². The molecule has 0 radical (unpaired) electrons. The predicted molar refractivity (Wildman–Crippen MR) is 104 cm³/mol. The fourth-order valence-corrected chi connectivity index (χ4v) is 3.50. The van der Waals surface area contributed by atoms with Gasteiger partial charge < -0.3 is 19.4 Å². The van der Waals surface area contributed by atoms with Crippen LogP contribution in [-0.2, 0) is 11.3 Å². The Hall–Kier alpha value is -2.77. The zero-order valence-electron chi connectivity index (χ0n) is 14.5. The Bertz CT molecular complexity index is 923. The third kappa shape index (κ3) is 4.90. The first-order chi connectivity index (χ1) is 13.1. The Kier molecular flexibility index (Phi) is 6.16. The SMILES string of the molecule is COc1ccccc1NC(=O)CN(Cc1ccco1)C(=O)c1ccc(Cl)s1. The number of carbonyl (C=O) groups excluding carboxylic acids is 2. The normalized spacial score (nSPS) is 10.4. The number of anilines is 1. The number of hydrogen-bond acceptors (Lipinski definition) is 5. The summed E-state index contributed by atoms with van der Waals surface area (Å²) >= 11 is 7.10. The predicted octanol–water partition coefficient (Wildman–Crippen LogP) is 4.28. The summed E-state index contributed by atoms with van der Waals surface area (Å²) in [4.78, 5) is 27.2. The number of halogens is 1. The molecule has 140 valence electrons. The van der Waals surface area contributed by atoms with E-state index in [0.717, 1.165) is 0 Å². The van der Waals surface area contributed by atoms with Crippen LogP contribution in [0.3, 0.4) is 0 Å². The number of nitrogens with zero attached hydrogens (tertiary/aromatic N) is 1. The number of rotatable bonds is 7. The lowest BCUT2D eigenvalue weighted by Gasteiger charge is -2.21. The van der Waals surface area contributed by atoms with E-state index in [-0.39, 0.29) is 24.9 Å². The second kappa shape index (κ2) is 8.75. The number of para-hydroxylation sites is 2. The Morgan fingerprint density at radius 1 is 1.19 bits per heavy atom. The van der Waals surface area contributed by atoms with Crippen LogP contribution in [0.5, 0.6) is 5.75 Å². The van der Waals surface area contributed by atoms with Gasteiger partial charge in [0.25, 0.3) is 5.91 Å². The van der Waals surface area contributed by atoms with Gasteiger partial charge in [-0.25, -0.2) is 0 Å². The molecule has 1 aromatic carbocycles. The van der Waals surface area contributed by atoms with E-state index in [9.17, 15) is 9.59 Å². The molecule has 0 saturated carbocycles. The van der Waals surface area contributed by atoms with E-state index in [2.05, 4.69) is 5.32 Å². The first kappa shape index (κ1) is 19.0. The smallest absolute Gasteiger partial charge is 0.264 e. The zero-order valence-corrected chi connectivity index (χ0v) is 16.0. The largest absolute Gasteiger partial charge is 0.495 e. The Morgan fingerprint density at radius 2 is 2.00 bits per heavy atom. The summed E-state index contributed by atoms with van der Waals surface area (Å²) in [6, 6.07) is 13.8. The molecule has 6 nitrogen and oxygen atoms in total. The number of nitrogens with one attached hydrogen (secondary N) is 1. The molecule has 0 unspecified atom stereocenters. The summed E-state index contributed by atoms with van der Waals surface area (Å²) in [6.45, 7) is 0.0216. The second-order valence-corrected chi connectivity index (χ2v) is 7.31. The molecule has 2 aromatic heterocycles. The van der Waals surface area contributed by atoms with Crippen LogP contribution < -0.4 is 10.1 Å². The number of thiophene rings is 1. The number of hydrogen-bond donors (Lipinski definition) is 1. The van der Waals surface area contributed by atoms with Gasteiger partial charge in [0.05, 0.1) is 34.8 Å². The van der Waals surface area contributed by atoms with Gasteiger partial charge in [-0.2, -0.15) is 0 Å². The molecular weight excluding hydrogens is 388 g/mol. The number of ether oxygens (including phenoxy) is 1. The maximum atomic E-state index is 12.8. The van der Waals surface area contributed by atoms with Crippen LogP contribution in [0.2, 0.25) is 4.34 Å². The highest BCUT2D eigenvalue weighted by Crippen LogP contribution is 2.25. The standard InChI is InChI=1S/C19H17ClN2O4S/c1-25-15-7-3-2-6-14(15)21-18(23)12-22(11-13-5-4-10-26-13)19(24)16-8-9-17(20)27-16/h2-10H,11-12H2,1H3,(H,21,23). The first-order valence-electron chi connectivity index (χ1n) is 8.06. The van der Waals surface area contributed by atoms with Crippen LogP contribution in [-0.4, -0.2) is 30.4 Å². The fraction of sp³-hybridized carbons (Fsp3) is 0.158. The number of benzene rings is 1. The molecule has 2 heterocycles. The highest BCUT2D eigenvalue weighted by Gasteiger charge is 2.22.